The number of carbonyl (C=O) groups is 1. The first-order valence-electron chi connectivity index (χ1n) is 10.8. The molecule has 4 aromatic rings. The predicted molar refractivity (Wildman–Crippen MR) is 120 cm³/mol. The van der Waals surface area contributed by atoms with Gasteiger partial charge in [0.1, 0.15) is 11.6 Å². The molecule has 2 aromatic heterocycles. The van der Waals surface area contributed by atoms with Gasteiger partial charge < -0.3 is 4.90 Å². The lowest BCUT2D eigenvalue weighted by Gasteiger charge is -2.32. The number of halogens is 2. The van der Waals surface area contributed by atoms with Crippen LogP contribution in [0.3, 0.4) is 0 Å². The maximum Gasteiger partial charge on any atom is 0.252 e. The normalized spacial score (nSPS) is 12.2. The first-order chi connectivity index (χ1) is 15.8. The van der Waals surface area contributed by atoms with Gasteiger partial charge in [-0.1, -0.05) is 31.2 Å². The molecule has 0 aliphatic rings. The summed E-state index contributed by atoms with van der Waals surface area (Å²) in [5, 5.41) is 4.45. The van der Waals surface area contributed by atoms with E-state index in [1.807, 2.05) is 26.8 Å². The van der Waals surface area contributed by atoms with Crippen LogP contribution in [-0.4, -0.2) is 30.4 Å². The first-order valence-corrected chi connectivity index (χ1v) is 10.8. The van der Waals surface area contributed by atoms with E-state index < -0.39 is 0 Å². The van der Waals surface area contributed by atoms with Crippen molar-refractivity contribution in [2.45, 2.75) is 46.2 Å². The highest BCUT2D eigenvalue weighted by molar-refractivity contribution is 5.78. The Morgan fingerprint density at radius 1 is 1.03 bits per heavy atom. The molecule has 0 bridgehead atoms. The number of amides is 1. The smallest absolute Gasteiger partial charge is 0.252 e. The molecular formula is C25H25F2N5O. The number of hydrogen-bond donors (Lipinski definition) is 0. The molecular weight excluding hydrogens is 424 g/mol. The highest BCUT2D eigenvalue weighted by Crippen LogP contribution is 2.27. The molecule has 6 nitrogen and oxygen atoms in total. The van der Waals surface area contributed by atoms with E-state index >= 15 is 0 Å². The molecule has 4 rings (SSSR count). The van der Waals surface area contributed by atoms with Crippen molar-refractivity contribution in [3.8, 4) is 0 Å². The molecule has 0 fully saturated rings. The molecule has 2 aromatic carbocycles. The van der Waals surface area contributed by atoms with Gasteiger partial charge in [-0.3, -0.25) is 4.79 Å². The van der Waals surface area contributed by atoms with Gasteiger partial charge in [-0.2, -0.15) is 4.98 Å². The number of aromatic nitrogens is 4. The number of hydrogen-bond acceptors (Lipinski definition) is 4. The minimum absolute atomic E-state index is 0.0329. The molecule has 0 saturated heterocycles. The predicted octanol–water partition coefficient (Wildman–Crippen LogP) is 4.74. The van der Waals surface area contributed by atoms with Gasteiger partial charge in [0.15, 0.2) is 5.82 Å². The lowest BCUT2D eigenvalue weighted by Crippen LogP contribution is -2.35. The van der Waals surface area contributed by atoms with E-state index in [2.05, 4.69) is 15.1 Å². The Morgan fingerprint density at radius 2 is 1.79 bits per heavy atom. The highest BCUT2D eigenvalue weighted by atomic mass is 19.1. The van der Waals surface area contributed by atoms with Crippen LogP contribution in [0.25, 0.3) is 5.78 Å². The minimum atomic E-state index is -0.367. The van der Waals surface area contributed by atoms with Gasteiger partial charge in [0, 0.05) is 17.9 Å². The van der Waals surface area contributed by atoms with E-state index in [-0.39, 0.29) is 36.5 Å². The summed E-state index contributed by atoms with van der Waals surface area (Å²) >= 11 is 0. The van der Waals surface area contributed by atoms with Gasteiger partial charge in [0.05, 0.1) is 12.5 Å². The Kier molecular flexibility index (Phi) is 6.44. The van der Waals surface area contributed by atoms with Crippen molar-refractivity contribution in [2.75, 3.05) is 0 Å². The van der Waals surface area contributed by atoms with Crippen LogP contribution in [0.15, 0.2) is 54.6 Å². The average molecular weight is 450 g/mol. The molecule has 8 heteroatoms. The van der Waals surface area contributed by atoms with Gasteiger partial charge in [-0.05, 0) is 61.7 Å². The second-order valence-corrected chi connectivity index (χ2v) is 8.08. The monoisotopic (exact) mass is 449 g/mol. The van der Waals surface area contributed by atoms with Gasteiger partial charge in [0.2, 0.25) is 5.91 Å². The topological polar surface area (TPSA) is 63.4 Å². The quantitative estimate of drug-likeness (QED) is 0.409. The van der Waals surface area contributed by atoms with Crippen molar-refractivity contribution in [3.63, 3.8) is 0 Å². The van der Waals surface area contributed by atoms with Gasteiger partial charge in [-0.15, -0.1) is 5.10 Å². The van der Waals surface area contributed by atoms with Gasteiger partial charge in [0.25, 0.3) is 5.78 Å². The Morgan fingerprint density at radius 3 is 2.48 bits per heavy atom. The number of nitrogens with zero attached hydrogens (tertiary/aromatic N) is 5. The number of benzene rings is 2. The van der Waals surface area contributed by atoms with E-state index in [0.29, 0.717) is 23.6 Å². The highest BCUT2D eigenvalue weighted by Gasteiger charge is 2.26. The van der Waals surface area contributed by atoms with Gasteiger partial charge >= 0.3 is 0 Å². The standard InChI is InChI=1S/C25H25F2N5O/c1-4-22(19-8-10-20(26)11-9-19)31(15-18-6-5-7-21(27)13-18)24(33)14-23-29-25-28-16(2)12-17(3)32(25)30-23/h5-13,22H,4,14-15H2,1-3H3. The number of aryl methyl sites for hydroxylation is 2. The number of rotatable bonds is 7. The van der Waals surface area contributed by atoms with Crippen molar-refractivity contribution in [1.82, 2.24) is 24.5 Å². The third kappa shape index (κ3) is 5.05. The van der Waals surface area contributed by atoms with Crippen LogP contribution in [0, 0.1) is 25.5 Å². The summed E-state index contributed by atoms with van der Waals surface area (Å²) < 4.78 is 29.0. The fraction of sp³-hybridized carbons (Fsp3) is 0.280. The molecule has 1 amide bonds. The molecule has 2 heterocycles. The van der Waals surface area contributed by atoms with Crippen LogP contribution in [0.4, 0.5) is 8.78 Å². The van der Waals surface area contributed by atoms with E-state index in [4.69, 9.17) is 0 Å². The van der Waals surface area contributed by atoms with E-state index in [1.165, 1.54) is 24.3 Å². The summed E-state index contributed by atoms with van der Waals surface area (Å²) in [6, 6.07) is 13.9. The molecule has 1 atom stereocenters. The molecule has 0 radical (unpaired) electrons. The van der Waals surface area contributed by atoms with Crippen molar-refractivity contribution >= 4 is 11.7 Å². The van der Waals surface area contributed by atoms with Crippen LogP contribution in [0.2, 0.25) is 0 Å². The lowest BCUT2D eigenvalue weighted by molar-refractivity contribution is -0.134. The van der Waals surface area contributed by atoms with Gasteiger partial charge in [-0.25, -0.2) is 18.3 Å². The largest absolute Gasteiger partial charge is 0.331 e. The van der Waals surface area contributed by atoms with Crippen LogP contribution < -0.4 is 0 Å². The summed E-state index contributed by atoms with van der Waals surface area (Å²) in [5.41, 5.74) is 3.16. The Labute approximate surface area is 190 Å². The van der Waals surface area contributed by atoms with Crippen molar-refractivity contribution in [1.29, 1.82) is 0 Å². The van der Waals surface area contributed by atoms with Crippen LogP contribution in [0.5, 0.6) is 0 Å². The van der Waals surface area contributed by atoms with Crippen LogP contribution in [-0.2, 0) is 17.8 Å². The Bertz CT molecular complexity index is 1290. The second-order valence-electron chi connectivity index (χ2n) is 8.08. The summed E-state index contributed by atoms with van der Waals surface area (Å²) in [6.45, 7) is 5.94. The summed E-state index contributed by atoms with van der Waals surface area (Å²) in [7, 11) is 0. The van der Waals surface area contributed by atoms with E-state index in [9.17, 15) is 13.6 Å². The number of carbonyl (C=O) groups excluding carboxylic acids is 1. The van der Waals surface area contributed by atoms with Crippen molar-refractivity contribution in [2.24, 2.45) is 0 Å². The van der Waals surface area contributed by atoms with E-state index in [1.54, 1.807) is 33.7 Å². The summed E-state index contributed by atoms with van der Waals surface area (Å²) in [5.74, 6) is -0.116. The van der Waals surface area contributed by atoms with Crippen LogP contribution in [0.1, 0.15) is 47.7 Å². The number of fused-ring (bicyclic) bond motifs is 1. The lowest BCUT2D eigenvalue weighted by atomic mass is 10.0. The zero-order valence-electron chi connectivity index (χ0n) is 18.8. The zero-order valence-corrected chi connectivity index (χ0v) is 18.8. The average Bonchev–Trinajstić information content (AvgIpc) is 3.17. The van der Waals surface area contributed by atoms with E-state index in [0.717, 1.165) is 17.0 Å². The van der Waals surface area contributed by atoms with Crippen molar-refractivity contribution in [3.05, 3.63) is 94.6 Å². The Hall–Kier alpha value is -3.68. The summed E-state index contributed by atoms with van der Waals surface area (Å²) in [6.07, 6.45) is 0.569. The zero-order chi connectivity index (χ0) is 23.5. The third-order valence-corrected chi connectivity index (χ3v) is 5.55. The Balaban J connectivity index is 1.67. The third-order valence-electron chi connectivity index (χ3n) is 5.55. The molecule has 0 N–H and O–H groups in total. The maximum atomic E-state index is 13.8. The molecule has 0 spiro atoms. The minimum Gasteiger partial charge on any atom is -0.331 e. The van der Waals surface area contributed by atoms with Crippen LogP contribution >= 0.6 is 0 Å². The van der Waals surface area contributed by atoms with Crippen molar-refractivity contribution < 1.29 is 13.6 Å². The molecule has 0 aliphatic carbocycles. The molecule has 0 saturated carbocycles. The second kappa shape index (κ2) is 9.44. The molecule has 170 valence electrons. The SMILES string of the molecule is CCC(c1ccc(F)cc1)N(Cc1cccc(F)c1)C(=O)Cc1nc2nc(C)cc(C)n2n1. The molecule has 1 unspecified atom stereocenters. The summed E-state index contributed by atoms with van der Waals surface area (Å²) in [4.78, 5) is 24.0. The first kappa shape index (κ1) is 22.5. The molecule has 0 aliphatic heterocycles. The molecule has 33 heavy (non-hydrogen) atoms. The maximum absolute atomic E-state index is 13.8. The fourth-order valence-electron chi connectivity index (χ4n) is 4.04. The fourth-order valence-corrected chi connectivity index (χ4v) is 4.04.